The highest BCUT2D eigenvalue weighted by Gasteiger charge is 2.12. The summed E-state index contributed by atoms with van der Waals surface area (Å²) < 4.78 is 0. The van der Waals surface area contributed by atoms with Crippen molar-refractivity contribution in [3.05, 3.63) is 50.0 Å². The molecule has 0 radical (unpaired) electrons. The number of anilines is 1. The van der Waals surface area contributed by atoms with Crippen LogP contribution in [0.4, 0.5) is 11.4 Å². The molecule has 0 unspecified atom stereocenters. The lowest BCUT2D eigenvalue weighted by atomic mass is 10.1. The molecule has 0 aliphatic carbocycles. The summed E-state index contributed by atoms with van der Waals surface area (Å²) in [7, 11) is 0. The molecule has 0 aliphatic rings. The molecule has 0 spiro atoms. The van der Waals surface area contributed by atoms with Gasteiger partial charge in [-0.05, 0) is 19.9 Å². The van der Waals surface area contributed by atoms with Crippen LogP contribution in [-0.4, -0.2) is 9.91 Å². The van der Waals surface area contributed by atoms with Crippen LogP contribution in [0.2, 0.25) is 0 Å². The summed E-state index contributed by atoms with van der Waals surface area (Å²) in [5.41, 5.74) is 1.56. The Morgan fingerprint density at radius 2 is 2.22 bits per heavy atom. The van der Waals surface area contributed by atoms with Crippen LogP contribution in [0.3, 0.4) is 0 Å². The quantitative estimate of drug-likeness (QED) is 0.679. The second-order valence-corrected chi connectivity index (χ2v) is 5.24. The number of thiazole rings is 1. The number of aromatic nitrogens is 1. The van der Waals surface area contributed by atoms with Gasteiger partial charge < -0.3 is 5.32 Å². The van der Waals surface area contributed by atoms with E-state index >= 15 is 0 Å². The van der Waals surface area contributed by atoms with Gasteiger partial charge in [0.2, 0.25) is 0 Å². The van der Waals surface area contributed by atoms with Crippen molar-refractivity contribution in [1.82, 2.24) is 4.98 Å². The van der Waals surface area contributed by atoms with E-state index in [1.807, 2.05) is 19.2 Å². The van der Waals surface area contributed by atoms with Gasteiger partial charge in [-0.25, -0.2) is 4.98 Å². The van der Waals surface area contributed by atoms with Gasteiger partial charge in [0.05, 0.1) is 11.5 Å². The van der Waals surface area contributed by atoms with Gasteiger partial charge in [-0.15, -0.1) is 11.3 Å². The van der Waals surface area contributed by atoms with Crippen LogP contribution >= 0.6 is 11.3 Å². The van der Waals surface area contributed by atoms with Crippen LogP contribution in [0, 0.1) is 24.0 Å². The predicted octanol–water partition coefficient (Wildman–Crippen LogP) is 3.28. The fourth-order valence-electron chi connectivity index (χ4n) is 1.67. The van der Waals surface area contributed by atoms with Crippen LogP contribution in [-0.2, 0) is 6.54 Å². The number of rotatable bonds is 4. The van der Waals surface area contributed by atoms with E-state index in [1.165, 1.54) is 6.07 Å². The zero-order valence-electron chi connectivity index (χ0n) is 10.1. The Bertz CT molecular complexity index is 580. The number of hydrogen-bond donors (Lipinski definition) is 1. The van der Waals surface area contributed by atoms with E-state index in [2.05, 4.69) is 10.3 Å². The molecule has 2 rings (SSSR count). The van der Waals surface area contributed by atoms with Gasteiger partial charge in [0.1, 0.15) is 5.01 Å². The summed E-state index contributed by atoms with van der Waals surface area (Å²) in [5, 5.41) is 15.0. The molecule has 1 aromatic carbocycles. The molecule has 1 aromatic heterocycles. The third-order valence-corrected chi connectivity index (χ3v) is 3.51. The topological polar surface area (TPSA) is 68.1 Å². The molecule has 2 aromatic rings. The molecular formula is C12H13N3O2S. The van der Waals surface area contributed by atoms with Crippen LogP contribution < -0.4 is 5.32 Å². The molecule has 6 heteroatoms. The summed E-state index contributed by atoms with van der Waals surface area (Å²) in [5.74, 6) is 0. The van der Waals surface area contributed by atoms with Crippen LogP contribution in [0.25, 0.3) is 0 Å². The van der Waals surface area contributed by atoms with E-state index in [4.69, 9.17) is 0 Å². The monoisotopic (exact) mass is 263 g/mol. The van der Waals surface area contributed by atoms with Gasteiger partial charge in [0, 0.05) is 28.4 Å². The Labute approximate surface area is 109 Å². The summed E-state index contributed by atoms with van der Waals surface area (Å²) in [6.45, 7) is 4.33. The maximum Gasteiger partial charge on any atom is 0.274 e. The standard InChI is InChI=1S/C12H13N3O2S/c1-8-6-14-12(18-8)7-13-10-4-3-5-11(9(10)2)15(16)17/h3-6,13H,7H2,1-2H3. The molecule has 0 atom stereocenters. The zero-order valence-corrected chi connectivity index (χ0v) is 11.0. The molecule has 1 N–H and O–H groups in total. The maximum absolute atomic E-state index is 10.8. The maximum atomic E-state index is 10.8. The number of nitro groups is 1. The van der Waals surface area contributed by atoms with Crippen LogP contribution in [0.15, 0.2) is 24.4 Å². The second kappa shape index (κ2) is 5.14. The Hall–Kier alpha value is -1.95. The largest absolute Gasteiger partial charge is 0.378 e. The van der Waals surface area contributed by atoms with Crippen molar-refractivity contribution in [1.29, 1.82) is 0 Å². The molecule has 5 nitrogen and oxygen atoms in total. The number of nitrogens with zero attached hydrogens (tertiary/aromatic N) is 2. The average molecular weight is 263 g/mol. The highest BCUT2D eigenvalue weighted by atomic mass is 32.1. The van der Waals surface area contributed by atoms with Gasteiger partial charge in [0.25, 0.3) is 5.69 Å². The van der Waals surface area contributed by atoms with Crippen LogP contribution in [0.5, 0.6) is 0 Å². The molecule has 0 saturated carbocycles. The van der Waals surface area contributed by atoms with Gasteiger partial charge in [-0.3, -0.25) is 10.1 Å². The number of hydrogen-bond acceptors (Lipinski definition) is 5. The average Bonchev–Trinajstić information content (AvgIpc) is 2.73. The lowest BCUT2D eigenvalue weighted by Gasteiger charge is -2.07. The summed E-state index contributed by atoms with van der Waals surface area (Å²) in [4.78, 5) is 15.8. The smallest absolute Gasteiger partial charge is 0.274 e. The van der Waals surface area contributed by atoms with E-state index in [9.17, 15) is 10.1 Å². The zero-order chi connectivity index (χ0) is 13.1. The SMILES string of the molecule is Cc1cnc(CNc2cccc([N+](=O)[O-])c2C)s1. The second-order valence-electron chi connectivity index (χ2n) is 3.93. The minimum atomic E-state index is -0.367. The highest BCUT2D eigenvalue weighted by molar-refractivity contribution is 7.11. The lowest BCUT2D eigenvalue weighted by molar-refractivity contribution is -0.385. The predicted molar refractivity (Wildman–Crippen MR) is 72.0 cm³/mol. The first-order valence-electron chi connectivity index (χ1n) is 5.47. The van der Waals surface area contributed by atoms with E-state index < -0.39 is 0 Å². The van der Waals surface area contributed by atoms with Crippen molar-refractivity contribution in [3.63, 3.8) is 0 Å². The fraction of sp³-hybridized carbons (Fsp3) is 0.250. The Morgan fingerprint density at radius 1 is 1.44 bits per heavy atom. The number of benzene rings is 1. The normalized spacial score (nSPS) is 10.3. The first kappa shape index (κ1) is 12.5. The molecule has 0 amide bonds. The van der Waals surface area contributed by atoms with E-state index in [0.29, 0.717) is 12.1 Å². The van der Waals surface area contributed by atoms with Crippen molar-refractivity contribution in [2.75, 3.05) is 5.32 Å². The van der Waals surface area contributed by atoms with E-state index in [-0.39, 0.29) is 10.6 Å². The summed E-state index contributed by atoms with van der Waals surface area (Å²) >= 11 is 1.62. The highest BCUT2D eigenvalue weighted by Crippen LogP contribution is 2.25. The van der Waals surface area contributed by atoms with Gasteiger partial charge in [0.15, 0.2) is 0 Å². The molecule has 0 aliphatic heterocycles. The van der Waals surface area contributed by atoms with Crippen molar-refractivity contribution in [2.45, 2.75) is 20.4 Å². The first-order chi connectivity index (χ1) is 8.58. The Balaban J connectivity index is 2.14. The minimum Gasteiger partial charge on any atom is -0.378 e. The Morgan fingerprint density at radius 3 is 2.83 bits per heavy atom. The van der Waals surface area contributed by atoms with Gasteiger partial charge in [-0.2, -0.15) is 0 Å². The van der Waals surface area contributed by atoms with Crippen molar-refractivity contribution >= 4 is 22.7 Å². The van der Waals surface area contributed by atoms with Gasteiger partial charge in [-0.1, -0.05) is 6.07 Å². The third-order valence-electron chi connectivity index (χ3n) is 2.60. The molecule has 0 fully saturated rings. The van der Waals surface area contributed by atoms with Crippen molar-refractivity contribution < 1.29 is 4.92 Å². The minimum absolute atomic E-state index is 0.135. The van der Waals surface area contributed by atoms with Crippen LogP contribution in [0.1, 0.15) is 15.4 Å². The van der Waals surface area contributed by atoms with Crippen molar-refractivity contribution in [2.24, 2.45) is 0 Å². The molecular weight excluding hydrogens is 250 g/mol. The molecule has 94 valence electrons. The molecule has 0 bridgehead atoms. The number of nitrogens with one attached hydrogen (secondary N) is 1. The number of aryl methyl sites for hydroxylation is 1. The Kier molecular flexibility index (Phi) is 3.57. The molecule has 18 heavy (non-hydrogen) atoms. The molecule has 1 heterocycles. The first-order valence-corrected chi connectivity index (χ1v) is 6.29. The summed E-state index contributed by atoms with van der Waals surface area (Å²) in [6.07, 6.45) is 1.82. The van der Waals surface area contributed by atoms with E-state index in [0.717, 1.165) is 15.6 Å². The lowest BCUT2D eigenvalue weighted by Crippen LogP contribution is -2.02. The van der Waals surface area contributed by atoms with E-state index in [1.54, 1.807) is 24.3 Å². The fourth-order valence-corrected chi connectivity index (χ4v) is 2.39. The van der Waals surface area contributed by atoms with Crippen molar-refractivity contribution in [3.8, 4) is 0 Å². The third kappa shape index (κ3) is 2.65. The number of nitro benzene ring substituents is 1. The summed E-state index contributed by atoms with van der Waals surface area (Å²) in [6, 6.07) is 5.03. The molecule has 0 saturated heterocycles. The van der Waals surface area contributed by atoms with Gasteiger partial charge >= 0.3 is 0 Å².